The standard InChI is InChI=1S/C27H27BrCl2N6O2S/c28-22-15-33-36-25(32-14-17-4-2-8-31-13-17)12-24(34-27(22)36)19-7-3-9-35(16-19)39(37,38)26-21(18-5-1-6-18)10-20(29)11-23(26)30/h2,4,8,10-13,15,18-19,32H,1,3,5-7,9,14,16H2. The van der Waals surface area contributed by atoms with E-state index in [4.69, 9.17) is 28.2 Å². The second-order valence-corrected chi connectivity index (χ2v) is 13.7. The number of fused-ring (bicyclic) bond motifs is 1. The molecule has 1 saturated heterocycles. The highest BCUT2D eigenvalue weighted by Crippen LogP contribution is 2.44. The molecule has 1 aliphatic carbocycles. The lowest BCUT2D eigenvalue weighted by Gasteiger charge is -2.34. The second-order valence-electron chi connectivity index (χ2n) is 10.1. The van der Waals surface area contributed by atoms with E-state index in [0.717, 1.165) is 59.2 Å². The molecule has 6 rings (SSSR count). The number of benzene rings is 1. The highest BCUT2D eigenvalue weighted by Gasteiger charge is 2.37. The van der Waals surface area contributed by atoms with Gasteiger partial charge in [-0.05, 0) is 76.9 Å². The first-order valence-electron chi connectivity index (χ1n) is 13.0. The summed E-state index contributed by atoms with van der Waals surface area (Å²) in [7, 11) is -3.83. The zero-order chi connectivity index (χ0) is 27.1. The normalized spacial score (nSPS) is 18.8. The number of rotatable bonds is 7. The molecule has 1 unspecified atom stereocenters. The van der Waals surface area contributed by atoms with E-state index >= 15 is 0 Å². The van der Waals surface area contributed by atoms with Gasteiger partial charge in [0.25, 0.3) is 0 Å². The molecule has 1 aromatic carbocycles. The van der Waals surface area contributed by atoms with Gasteiger partial charge in [-0.3, -0.25) is 4.98 Å². The van der Waals surface area contributed by atoms with Gasteiger partial charge in [0, 0.05) is 49.0 Å². The Hall–Kier alpha value is -2.24. The average Bonchev–Trinajstić information content (AvgIpc) is 3.27. The number of nitrogens with one attached hydrogen (secondary N) is 1. The molecule has 2 aliphatic rings. The molecule has 8 nitrogen and oxygen atoms in total. The molecular weight excluding hydrogens is 623 g/mol. The van der Waals surface area contributed by atoms with Crippen molar-refractivity contribution in [2.24, 2.45) is 0 Å². The summed E-state index contributed by atoms with van der Waals surface area (Å²) in [6.45, 7) is 1.32. The van der Waals surface area contributed by atoms with Gasteiger partial charge in [-0.1, -0.05) is 35.7 Å². The maximum atomic E-state index is 14.1. The smallest absolute Gasteiger partial charge is 0.244 e. The molecule has 1 saturated carbocycles. The van der Waals surface area contributed by atoms with Gasteiger partial charge in [-0.25, -0.2) is 13.4 Å². The van der Waals surface area contributed by atoms with E-state index in [1.165, 1.54) is 6.07 Å². The number of anilines is 1. The molecule has 1 aliphatic heterocycles. The van der Waals surface area contributed by atoms with Crippen LogP contribution < -0.4 is 5.32 Å². The van der Waals surface area contributed by atoms with Crippen LogP contribution in [-0.2, 0) is 16.6 Å². The van der Waals surface area contributed by atoms with Crippen molar-refractivity contribution in [1.29, 1.82) is 0 Å². The van der Waals surface area contributed by atoms with Gasteiger partial charge < -0.3 is 5.32 Å². The number of hydrogen-bond acceptors (Lipinski definition) is 6. The van der Waals surface area contributed by atoms with E-state index in [1.807, 2.05) is 24.4 Å². The van der Waals surface area contributed by atoms with Crippen LogP contribution in [0.25, 0.3) is 5.65 Å². The molecule has 0 radical (unpaired) electrons. The van der Waals surface area contributed by atoms with Crippen LogP contribution in [0.5, 0.6) is 0 Å². The number of aromatic nitrogens is 4. The van der Waals surface area contributed by atoms with Crippen molar-refractivity contribution in [2.75, 3.05) is 18.4 Å². The van der Waals surface area contributed by atoms with Crippen molar-refractivity contribution in [3.63, 3.8) is 0 Å². The van der Waals surface area contributed by atoms with Crippen molar-refractivity contribution in [3.8, 4) is 0 Å². The molecule has 204 valence electrons. The Morgan fingerprint density at radius 3 is 2.64 bits per heavy atom. The molecule has 39 heavy (non-hydrogen) atoms. The number of halogens is 3. The first kappa shape index (κ1) is 27.0. The molecule has 0 bridgehead atoms. The largest absolute Gasteiger partial charge is 0.366 e. The lowest BCUT2D eigenvalue weighted by atomic mass is 9.80. The summed E-state index contributed by atoms with van der Waals surface area (Å²) in [5, 5.41) is 8.57. The SMILES string of the molecule is O=S(=O)(c1c(Cl)cc(Cl)cc1C1CCC1)N1CCCC(c2cc(NCc3cccnc3)n3ncc(Br)c3n2)C1. The minimum atomic E-state index is -3.83. The van der Waals surface area contributed by atoms with Crippen LogP contribution in [0, 0.1) is 0 Å². The fraction of sp³-hybridized carbons (Fsp3) is 0.370. The Kier molecular flexibility index (Phi) is 7.58. The van der Waals surface area contributed by atoms with Crippen LogP contribution in [0.15, 0.2) is 58.3 Å². The van der Waals surface area contributed by atoms with E-state index in [0.29, 0.717) is 30.3 Å². The number of piperidine rings is 1. The van der Waals surface area contributed by atoms with Gasteiger partial charge in [0.1, 0.15) is 10.7 Å². The Balaban J connectivity index is 1.32. The minimum Gasteiger partial charge on any atom is -0.366 e. The lowest BCUT2D eigenvalue weighted by Crippen LogP contribution is -2.40. The second kappa shape index (κ2) is 11.0. The highest BCUT2D eigenvalue weighted by molar-refractivity contribution is 9.10. The number of sulfonamides is 1. The van der Waals surface area contributed by atoms with E-state index in [9.17, 15) is 8.42 Å². The third-order valence-electron chi connectivity index (χ3n) is 7.63. The Morgan fingerprint density at radius 1 is 1.08 bits per heavy atom. The van der Waals surface area contributed by atoms with Crippen molar-refractivity contribution in [3.05, 3.63) is 80.3 Å². The van der Waals surface area contributed by atoms with Crippen molar-refractivity contribution in [1.82, 2.24) is 23.9 Å². The van der Waals surface area contributed by atoms with E-state index in [2.05, 4.69) is 31.3 Å². The maximum Gasteiger partial charge on any atom is 0.244 e. The number of hydrogen-bond donors (Lipinski definition) is 1. The quantitative estimate of drug-likeness (QED) is 0.241. The summed E-state index contributed by atoms with van der Waals surface area (Å²) in [5.41, 5.74) is 3.27. The number of nitrogens with zero attached hydrogens (tertiary/aromatic N) is 5. The topological polar surface area (TPSA) is 92.5 Å². The van der Waals surface area contributed by atoms with Gasteiger partial charge in [0.05, 0.1) is 21.4 Å². The van der Waals surface area contributed by atoms with E-state index in [-0.39, 0.29) is 21.8 Å². The molecular formula is C27H27BrCl2N6O2S. The van der Waals surface area contributed by atoms with Crippen LogP contribution >= 0.6 is 39.1 Å². The molecule has 1 atom stereocenters. The number of pyridine rings is 1. The van der Waals surface area contributed by atoms with Crippen LogP contribution in [0.1, 0.15) is 60.8 Å². The van der Waals surface area contributed by atoms with Crippen LogP contribution in [0.2, 0.25) is 10.0 Å². The summed E-state index contributed by atoms with van der Waals surface area (Å²) >= 11 is 16.4. The predicted octanol–water partition coefficient (Wildman–Crippen LogP) is 6.64. The fourth-order valence-electron chi connectivity index (χ4n) is 5.39. The highest BCUT2D eigenvalue weighted by atomic mass is 79.9. The molecule has 1 N–H and O–H groups in total. The lowest BCUT2D eigenvalue weighted by molar-refractivity contribution is 0.312. The summed E-state index contributed by atoms with van der Waals surface area (Å²) < 4.78 is 32.2. The summed E-state index contributed by atoms with van der Waals surface area (Å²) in [4.78, 5) is 9.29. The zero-order valence-corrected chi connectivity index (χ0v) is 24.9. The Bertz CT molecular complexity index is 1630. The van der Waals surface area contributed by atoms with Crippen LogP contribution in [-0.4, -0.2) is 45.4 Å². The third kappa shape index (κ3) is 5.29. The van der Waals surface area contributed by atoms with Crippen molar-refractivity contribution < 1.29 is 8.42 Å². The van der Waals surface area contributed by atoms with Gasteiger partial charge in [-0.15, -0.1) is 0 Å². The Morgan fingerprint density at radius 2 is 1.90 bits per heavy atom. The van der Waals surface area contributed by atoms with Gasteiger partial charge in [-0.2, -0.15) is 13.9 Å². The van der Waals surface area contributed by atoms with Crippen molar-refractivity contribution in [2.45, 2.75) is 55.4 Å². The zero-order valence-electron chi connectivity index (χ0n) is 21.0. The monoisotopic (exact) mass is 648 g/mol. The first-order chi connectivity index (χ1) is 18.8. The van der Waals surface area contributed by atoms with E-state index < -0.39 is 10.0 Å². The summed E-state index contributed by atoms with van der Waals surface area (Å²) in [6, 6.07) is 9.18. The molecule has 2 fully saturated rings. The fourth-order valence-corrected chi connectivity index (χ4v) is 8.37. The third-order valence-corrected chi connectivity index (χ3v) is 10.8. The summed E-state index contributed by atoms with van der Waals surface area (Å²) in [5.74, 6) is 0.860. The molecule has 4 heterocycles. The first-order valence-corrected chi connectivity index (χ1v) is 16.0. The molecule has 4 aromatic rings. The molecule has 0 spiro atoms. The minimum absolute atomic E-state index is 0.0857. The maximum absolute atomic E-state index is 14.1. The Labute approximate surface area is 245 Å². The van der Waals surface area contributed by atoms with Crippen LogP contribution in [0.4, 0.5) is 5.82 Å². The van der Waals surface area contributed by atoms with Gasteiger partial charge >= 0.3 is 0 Å². The summed E-state index contributed by atoms with van der Waals surface area (Å²) in [6.07, 6.45) is 9.79. The predicted molar refractivity (Wildman–Crippen MR) is 156 cm³/mol. The van der Waals surface area contributed by atoms with E-state index in [1.54, 1.807) is 27.3 Å². The molecule has 0 amide bonds. The van der Waals surface area contributed by atoms with Gasteiger partial charge in [0.2, 0.25) is 10.0 Å². The average molecular weight is 650 g/mol. The van der Waals surface area contributed by atoms with Crippen molar-refractivity contribution >= 4 is 60.6 Å². The van der Waals surface area contributed by atoms with Gasteiger partial charge in [0.15, 0.2) is 5.65 Å². The van der Waals surface area contributed by atoms with Crippen LogP contribution in [0.3, 0.4) is 0 Å². The molecule has 3 aromatic heterocycles. The molecule has 12 heteroatoms.